The second kappa shape index (κ2) is 11.6. The lowest BCUT2D eigenvalue weighted by molar-refractivity contribution is -0.124. The fourth-order valence-corrected chi connectivity index (χ4v) is 4.59. The van der Waals surface area contributed by atoms with Crippen molar-refractivity contribution in [2.75, 3.05) is 56.2 Å². The van der Waals surface area contributed by atoms with Crippen molar-refractivity contribution in [1.82, 2.24) is 9.80 Å². The second-order valence-electron chi connectivity index (χ2n) is 8.31. The molecule has 0 radical (unpaired) electrons. The number of morpholine rings is 1. The number of carbonyl (C=O) groups excluding carboxylic acids is 2. The van der Waals surface area contributed by atoms with Crippen LogP contribution < -0.4 is 15.0 Å². The van der Waals surface area contributed by atoms with Gasteiger partial charge in [-0.25, -0.2) is 4.39 Å². The smallest absolute Gasteiger partial charge is 0.256 e. The van der Waals surface area contributed by atoms with E-state index in [1.807, 2.05) is 6.92 Å². The molecule has 2 saturated heterocycles. The standard InChI is InChI=1S/C25H29FN4O4S/c1-2-34-21-9-5-19(6-10-21)27-23(31)17-22-24(32)30(20-7-3-18(26)4-8-20)25(35)29(22)12-11-28-13-15-33-16-14-28/h3-10,22H,2,11-17H2,1H3,(H,27,31)/t22-/m1/s1. The van der Waals surface area contributed by atoms with Crippen LogP contribution in [0.1, 0.15) is 13.3 Å². The first-order chi connectivity index (χ1) is 17.0. The van der Waals surface area contributed by atoms with E-state index in [1.165, 1.54) is 29.2 Å². The Balaban J connectivity index is 1.48. The van der Waals surface area contributed by atoms with Gasteiger partial charge in [0.1, 0.15) is 17.6 Å². The Hall–Kier alpha value is -3.08. The molecule has 35 heavy (non-hydrogen) atoms. The minimum Gasteiger partial charge on any atom is -0.494 e. The number of ether oxygens (including phenoxy) is 2. The van der Waals surface area contributed by atoms with Gasteiger partial charge < -0.3 is 19.7 Å². The molecule has 2 heterocycles. The Kier molecular flexibility index (Phi) is 8.27. The average molecular weight is 501 g/mol. The summed E-state index contributed by atoms with van der Waals surface area (Å²) in [6, 6.07) is 11.9. The highest BCUT2D eigenvalue weighted by Crippen LogP contribution is 2.28. The summed E-state index contributed by atoms with van der Waals surface area (Å²) < 4.78 is 24.3. The van der Waals surface area contributed by atoms with Gasteiger partial charge in [0.15, 0.2) is 5.11 Å². The molecule has 1 N–H and O–H groups in total. The van der Waals surface area contributed by atoms with Crippen molar-refractivity contribution in [3.63, 3.8) is 0 Å². The van der Waals surface area contributed by atoms with E-state index in [1.54, 1.807) is 29.2 Å². The van der Waals surface area contributed by atoms with Crippen LogP contribution in [0, 0.1) is 5.82 Å². The molecule has 0 aliphatic carbocycles. The maximum Gasteiger partial charge on any atom is 0.256 e. The predicted molar refractivity (Wildman–Crippen MR) is 135 cm³/mol. The average Bonchev–Trinajstić information content (AvgIpc) is 3.09. The maximum absolute atomic E-state index is 13.5. The van der Waals surface area contributed by atoms with Crippen LogP contribution in [-0.4, -0.2) is 78.8 Å². The van der Waals surface area contributed by atoms with Crippen molar-refractivity contribution in [1.29, 1.82) is 0 Å². The highest BCUT2D eigenvalue weighted by molar-refractivity contribution is 7.80. The summed E-state index contributed by atoms with van der Waals surface area (Å²) in [6.45, 7) is 6.57. The van der Waals surface area contributed by atoms with Crippen LogP contribution in [0.4, 0.5) is 15.8 Å². The monoisotopic (exact) mass is 500 g/mol. The first-order valence-corrected chi connectivity index (χ1v) is 12.1. The van der Waals surface area contributed by atoms with E-state index < -0.39 is 11.9 Å². The fraction of sp³-hybridized carbons (Fsp3) is 0.400. The van der Waals surface area contributed by atoms with Crippen LogP contribution in [0.3, 0.4) is 0 Å². The van der Waals surface area contributed by atoms with E-state index in [0.717, 1.165) is 13.1 Å². The lowest BCUT2D eigenvalue weighted by Crippen LogP contribution is -2.45. The quantitative estimate of drug-likeness (QED) is 0.531. The van der Waals surface area contributed by atoms with Crippen LogP contribution in [0.25, 0.3) is 0 Å². The lowest BCUT2D eigenvalue weighted by Gasteiger charge is -2.30. The van der Waals surface area contributed by atoms with Crippen molar-refractivity contribution in [3.8, 4) is 5.75 Å². The number of benzene rings is 2. The summed E-state index contributed by atoms with van der Waals surface area (Å²) in [4.78, 5) is 31.8. The zero-order chi connectivity index (χ0) is 24.8. The highest BCUT2D eigenvalue weighted by atomic mass is 32.1. The SMILES string of the molecule is CCOc1ccc(NC(=O)C[C@@H]2C(=O)N(c3ccc(F)cc3)C(=S)N2CCN2CCOCC2)cc1. The van der Waals surface area contributed by atoms with Gasteiger partial charge in [-0.15, -0.1) is 0 Å². The number of hydrogen-bond acceptors (Lipinski definition) is 6. The molecule has 0 aromatic heterocycles. The summed E-state index contributed by atoms with van der Waals surface area (Å²) in [5.41, 5.74) is 1.09. The number of thiocarbonyl (C=S) groups is 1. The molecule has 2 aromatic rings. The summed E-state index contributed by atoms with van der Waals surface area (Å²) in [5, 5.41) is 3.16. The molecule has 2 aromatic carbocycles. The number of hydrogen-bond donors (Lipinski definition) is 1. The van der Waals surface area contributed by atoms with Crippen LogP contribution in [0.15, 0.2) is 48.5 Å². The Bertz CT molecular complexity index is 1040. The Morgan fingerprint density at radius 1 is 1.11 bits per heavy atom. The van der Waals surface area contributed by atoms with E-state index in [-0.39, 0.29) is 18.2 Å². The van der Waals surface area contributed by atoms with E-state index in [9.17, 15) is 14.0 Å². The number of amides is 2. The van der Waals surface area contributed by atoms with Crippen LogP contribution >= 0.6 is 12.2 Å². The van der Waals surface area contributed by atoms with Gasteiger partial charge in [0.2, 0.25) is 5.91 Å². The van der Waals surface area contributed by atoms with Crippen molar-refractivity contribution < 1.29 is 23.5 Å². The molecule has 186 valence electrons. The zero-order valence-electron chi connectivity index (χ0n) is 19.6. The summed E-state index contributed by atoms with van der Waals surface area (Å²) in [5.74, 6) is -0.286. The van der Waals surface area contributed by atoms with E-state index >= 15 is 0 Å². The molecule has 0 spiro atoms. The summed E-state index contributed by atoms with van der Waals surface area (Å²) >= 11 is 5.67. The van der Waals surface area contributed by atoms with E-state index in [0.29, 0.717) is 55.1 Å². The molecular weight excluding hydrogens is 471 g/mol. The molecule has 4 rings (SSSR count). The van der Waals surface area contributed by atoms with Gasteiger partial charge in [-0.2, -0.15) is 0 Å². The molecule has 10 heteroatoms. The van der Waals surface area contributed by atoms with Crippen LogP contribution in [0.2, 0.25) is 0 Å². The van der Waals surface area contributed by atoms with Crippen LogP contribution in [0.5, 0.6) is 5.75 Å². The Morgan fingerprint density at radius 2 is 1.80 bits per heavy atom. The normalized spacial score (nSPS) is 18.7. The number of rotatable bonds is 9. The Morgan fingerprint density at radius 3 is 2.46 bits per heavy atom. The van der Waals surface area contributed by atoms with Crippen molar-refractivity contribution >= 4 is 40.5 Å². The first kappa shape index (κ1) is 25.0. The van der Waals surface area contributed by atoms with Gasteiger partial charge in [0.05, 0.1) is 31.9 Å². The summed E-state index contributed by atoms with van der Waals surface area (Å²) in [7, 11) is 0. The molecule has 8 nitrogen and oxygen atoms in total. The third-order valence-electron chi connectivity index (χ3n) is 5.99. The fourth-order valence-electron chi connectivity index (χ4n) is 4.18. The molecule has 2 aliphatic heterocycles. The minimum absolute atomic E-state index is 0.0625. The first-order valence-electron chi connectivity index (χ1n) is 11.7. The van der Waals surface area contributed by atoms with E-state index in [4.69, 9.17) is 21.7 Å². The molecule has 2 aliphatic rings. The number of carbonyl (C=O) groups is 2. The molecular formula is C25H29FN4O4S. The number of nitrogens with one attached hydrogen (secondary N) is 1. The Labute approximate surface area is 209 Å². The molecule has 2 amide bonds. The largest absolute Gasteiger partial charge is 0.494 e. The van der Waals surface area contributed by atoms with Gasteiger partial charge in [-0.1, -0.05) is 0 Å². The van der Waals surface area contributed by atoms with Gasteiger partial charge in [0.25, 0.3) is 5.91 Å². The topological polar surface area (TPSA) is 74.4 Å². The van der Waals surface area contributed by atoms with Crippen molar-refractivity contribution in [2.45, 2.75) is 19.4 Å². The molecule has 2 fully saturated rings. The third-order valence-corrected chi connectivity index (χ3v) is 6.41. The number of halogens is 1. The van der Waals surface area contributed by atoms with Crippen molar-refractivity contribution in [2.24, 2.45) is 0 Å². The van der Waals surface area contributed by atoms with Gasteiger partial charge in [-0.05, 0) is 67.7 Å². The minimum atomic E-state index is -0.753. The lowest BCUT2D eigenvalue weighted by atomic mass is 10.1. The molecule has 0 unspecified atom stereocenters. The van der Waals surface area contributed by atoms with Crippen LogP contribution in [-0.2, 0) is 14.3 Å². The van der Waals surface area contributed by atoms with Gasteiger partial charge >= 0.3 is 0 Å². The maximum atomic E-state index is 13.5. The highest BCUT2D eigenvalue weighted by Gasteiger charge is 2.44. The van der Waals surface area contributed by atoms with Crippen molar-refractivity contribution in [3.05, 3.63) is 54.3 Å². The molecule has 0 bridgehead atoms. The number of anilines is 2. The molecule has 1 atom stereocenters. The van der Waals surface area contributed by atoms with E-state index in [2.05, 4.69) is 10.2 Å². The second-order valence-corrected chi connectivity index (χ2v) is 8.67. The predicted octanol–water partition coefficient (Wildman–Crippen LogP) is 2.89. The molecule has 0 saturated carbocycles. The number of nitrogens with zero attached hydrogens (tertiary/aromatic N) is 3. The third kappa shape index (κ3) is 6.14. The summed E-state index contributed by atoms with van der Waals surface area (Å²) in [6.07, 6.45) is -0.0625. The van der Waals surface area contributed by atoms with Gasteiger partial charge in [-0.3, -0.25) is 19.4 Å². The van der Waals surface area contributed by atoms with Gasteiger partial charge in [0, 0.05) is 31.9 Å². The zero-order valence-corrected chi connectivity index (χ0v) is 20.4.